The molecular weight excluding hydrogens is 417 g/mol. The third kappa shape index (κ3) is 4.00. The van der Waals surface area contributed by atoms with E-state index in [1.54, 1.807) is 32.0 Å². The summed E-state index contributed by atoms with van der Waals surface area (Å²) in [6, 6.07) is 9.71. The zero-order chi connectivity index (χ0) is 20.7. The fourth-order valence-electron chi connectivity index (χ4n) is 2.51. The molecule has 0 aliphatic carbocycles. The van der Waals surface area contributed by atoms with Crippen molar-refractivity contribution in [3.8, 4) is 11.3 Å². The summed E-state index contributed by atoms with van der Waals surface area (Å²) in [7, 11) is -4.02. The van der Waals surface area contributed by atoms with Crippen LogP contribution in [0.5, 0.6) is 0 Å². The molecule has 0 radical (unpaired) electrons. The number of alkyl halides is 3. The van der Waals surface area contributed by atoms with E-state index in [4.69, 9.17) is 11.6 Å². The molecule has 10 heteroatoms. The Balaban J connectivity index is 2.01. The summed E-state index contributed by atoms with van der Waals surface area (Å²) in [4.78, 5) is -0.0964. The lowest BCUT2D eigenvalue weighted by Gasteiger charge is -2.13. The van der Waals surface area contributed by atoms with Crippen LogP contribution in [-0.2, 0) is 16.2 Å². The summed E-state index contributed by atoms with van der Waals surface area (Å²) in [5.74, 6) is -1.26. The molecular formula is C18H14ClF3N2O3S. The molecule has 3 aromatic rings. The van der Waals surface area contributed by atoms with Gasteiger partial charge >= 0.3 is 6.18 Å². The lowest BCUT2D eigenvalue weighted by molar-refractivity contribution is -0.155. The van der Waals surface area contributed by atoms with Crippen molar-refractivity contribution < 1.29 is 26.1 Å². The van der Waals surface area contributed by atoms with Crippen LogP contribution in [0, 0.1) is 13.8 Å². The lowest BCUT2D eigenvalue weighted by Crippen LogP contribution is -2.15. The Morgan fingerprint density at radius 3 is 2.46 bits per heavy atom. The van der Waals surface area contributed by atoms with Gasteiger partial charge in [0.2, 0.25) is 5.76 Å². The highest BCUT2D eigenvalue weighted by Crippen LogP contribution is 2.33. The molecule has 0 fully saturated rings. The molecule has 0 aliphatic heterocycles. The molecule has 5 nitrogen and oxygen atoms in total. The Kier molecular flexibility index (Phi) is 5.16. The SMILES string of the molecule is Cc1ccc(-c2cc(C(F)(F)F)on2)cc1S(=O)(=O)Nc1cccc(Cl)c1C. The van der Waals surface area contributed by atoms with Gasteiger partial charge < -0.3 is 4.52 Å². The number of nitrogens with one attached hydrogen (secondary N) is 1. The second kappa shape index (κ2) is 7.14. The van der Waals surface area contributed by atoms with Gasteiger partial charge in [0.05, 0.1) is 10.6 Å². The van der Waals surface area contributed by atoms with Crippen LogP contribution in [0.3, 0.4) is 0 Å². The smallest absolute Gasteiger partial charge is 0.351 e. The normalized spacial score (nSPS) is 12.2. The maximum absolute atomic E-state index is 12.9. The maximum Gasteiger partial charge on any atom is 0.452 e. The molecule has 0 spiro atoms. The monoisotopic (exact) mass is 430 g/mol. The topological polar surface area (TPSA) is 72.2 Å². The zero-order valence-corrected chi connectivity index (χ0v) is 16.2. The van der Waals surface area contributed by atoms with Crippen molar-refractivity contribution >= 4 is 27.3 Å². The van der Waals surface area contributed by atoms with Gasteiger partial charge in [0, 0.05) is 16.7 Å². The second-order valence-electron chi connectivity index (χ2n) is 6.07. The molecule has 1 N–H and O–H groups in total. The second-order valence-corrected chi connectivity index (χ2v) is 8.13. The molecule has 0 saturated carbocycles. The first-order valence-corrected chi connectivity index (χ1v) is 9.78. The Morgan fingerprint density at radius 1 is 1.11 bits per heavy atom. The number of aryl methyl sites for hydroxylation is 1. The van der Waals surface area contributed by atoms with Crippen LogP contribution in [0.2, 0.25) is 5.02 Å². The average Bonchev–Trinajstić information content (AvgIpc) is 3.09. The highest BCUT2D eigenvalue weighted by molar-refractivity contribution is 7.92. The van der Waals surface area contributed by atoms with Crippen LogP contribution >= 0.6 is 11.6 Å². The molecule has 0 aliphatic rings. The van der Waals surface area contributed by atoms with Crippen molar-refractivity contribution in [3.05, 3.63) is 64.4 Å². The first kappa shape index (κ1) is 20.2. The number of aromatic nitrogens is 1. The number of hydrogen-bond acceptors (Lipinski definition) is 4. The number of sulfonamides is 1. The summed E-state index contributed by atoms with van der Waals surface area (Å²) in [6.07, 6.45) is -4.68. The summed E-state index contributed by atoms with van der Waals surface area (Å²) >= 11 is 6.02. The fourth-order valence-corrected chi connectivity index (χ4v) is 4.08. The number of rotatable bonds is 4. The van der Waals surface area contributed by atoms with E-state index in [1.807, 2.05) is 0 Å². The van der Waals surface area contributed by atoms with E-state index in [0.29, 0.717) is 21.8 Å². The standard InChI is InChI=1S/C18H14ClF3N2O3S/c1-10-6-7-12(15-9-17(27-23-15)18(20,21)22)8-16(10)28(25,26)24-14-5-3-4-13(19)11(14)2/h3-9,24H,1-2H3. The number of nitrogens with zero attached hydrogens (tertiary/aromatic N) is 1. The quantitative estimate of drug-likeness (QED) is 0.599. The van der Waals surface area contributed by atoms with Crippen molar-refractivity contribution in [3.63, 3.8) is 0 Å². The van der Waals surface area contributed by atoms with Gasteiger partial charge in [0.1, 0.15) is 5.69 Å². The number of benzene rings is 2. The molecule has 3 rings (SSSR count). The van der Waals surface area contributed by atoms with Crippen molar-refractivity contribution in [1.29, 1.82) is 0 Å². The zero-order valence-electron chi connectivity index (χ0n) is 14.6. The molecule has 0 unspecified atom stereocenters. The number of hydrogen-bond donors (Lipinski definition) is 1. The lowest BCUT2D eigenvalue weighted by atomic mass is 10.1. The predicted molar refractivity (Wildman–Crippen MR) is 98.7 cm³/mol. The first-order valence-electron chi connectivity index (χ1n) is 7.92. The Hall–Kier alpha value is -2.52. The molecule has 0 atom stereocenters. The van der Waals surface area contributed by atoms with Crippen molar-refractivity contribution in [2.24, 2.45) is 0 Å². The van der Waals surface area contributed by atoms with Gasteiger partial charge in [0.25, 0.3) is 10.0 Å². The van der Waals surface area contributed by atoms with Crippen molar-refractivity contribution in [2.45, 2.75) is 24.9 Å². The van der Waals surface area contributed by atoms with Gasteiger partial charge in [-0.1, -0.05) is 35.0 Å². The van der Waals surface area contributed by atoms with E-state index in [9.17, 15) is 21.6 Å². The average molecular weight is 431 g/mol. The molecule has 1 aromatic heterocycles. The maximum atomic E-state index is 12.9. The Bertz CT molecular complexity index is 1140. The van der Waals surface area contributed by atoms with E-state index in [-0.39, 0.29) is 16.2 Å². The third-order valence-corrected chi connectivity index (χ3v) is 5.99. The van der Waals surface area contributed by atoms with Crippen LogP contribution < -0.4 is 4.72 Å². The van der Waals surface area contributed by atoms with Gasteiger partial charge in [-0.15, -0.1) is 0 Å². The third-order valence-electron chi connectivity index (χ3n) is 4.07. The van der Waals surface area contributed by atoms with Gasteiger partial charge in [-0.05, 0) is 43.2 Å². The molecule has 28 heavy (non-hydrogen) atoms. The van der Waals surface area contributed by atoms with Crippen molar-refractivity contribution in [2.75, 3.05) is 4.72 Å². The molecule has 1 heterocycles. The van der Waals surface area contributed by atoms with Crippen LogP contribution in [0.1, 0.15) is 16.9 Å². The molecule has 0 amide bonds. The summed E-state index contributed by atoms with van der Waals surface area (Å²) in [5, 5.41) is 3.78. The minimum atomic E-state index is -4.68. The van der Waals surface area contributed by atoms with Crippen molar-refractivity contribution in [1.82, 2.24) is 5.16 Å². The first-order chi connectivity index (χ1) is 13.0. The summed E-state index contributed by atoms with van der Waals surface area (Å²) < 4.78 is 70.6. The Morgan fingerprint density at radius 2 is 1.82 bits per heavy atom. The minimum absolute atomic E-state index is 0.0964. The Labute approximate surface area is 164 Å². The summed E-state index contributed by atoms with van der Waals surface area (Å²) in [5.41, 5.74) is 1.32. The summed E-state index contributed by atoms with van der Waals surface area (Å²) in [6.45, 7) is 3.24. The molecule has 2 aromatic carbocycles. The van der Waals surface area contributed by atoms with E-state index >= 15 is 0 Å². The molecule has 148 valence electrons. The largest absolute Gasteiger partial charge is 0.452 e. The number of halogens is 4. The van der Waals surface area contributed by atoms with Gasteiger partial charge in [-0.25, -0.2) is 8.42 Å². The van der Waals surface area contributed by atoms with E-state index < -0.39 is 22.0 Å². The minimum Gasteiger partial charge on any atom is -0.351 e. The van der Waals surface area contributed by atoms with E-state index in [1.165, 1.54) is 18.2 Å². The van der Waals surface area contributed by atoms with Gasteiger partial charge in [-0.2, -0.15) is 13.2 Å². The van der Waals surface area contributed by atoms with Gasteiger partial charge in [0.15, 0.2) is 0 Å². The number of anilines is 1. The highest BCUT2D eigenvalue weighted by Gasteiger charge is 2.36. The molecule has 0 saturated heterocycles. The van der Waals surface area contributed by atoms with Crippen LogP contribution in [-0.4, -0.2) is 13.6 Å². The fraction of sp³-hybridized carbons (Fsp3) is 0.167. The van der Waals surface area contributed by atoms with Crippen LogP contribution in [0.4, 0.5) is 18.9 Å². The highest BCUT2D eigenvalue weighted by atomic mass is 35.5. The molecule has 0 bridgehead atoms. The predicted octanol–water partition coefficient (Wildman–Crippen LogP) is 5.43. The van der Waals surface area contributed by atoms with Gasteiger partial charge in [-0.3, -0.25) is 4.72 Å². The van der Waals surface area contributed by atoms with E-state index in [2.05, 4.69) is 14.4 Å². The van der Waals surface area contributed by atoms with Crippen LogP contribution in [0.15, 0.2) is 51.9 Å². The van der Waals surface area contributed by atoms with Crippen LogP contribution in [0.25, 0.3) is 11.3 Å². The van der Waals surface area contributed by atoms with E-state index in [0.717, 1.165) is 6.07 Å².